The summed E-state index contributed by atoms with van der Waals surface area (Å²) in [5.41, 5.74) is 3.27. The van der Waals surface area contributed by atoms with Crippen molar-refractivity contribution in [2.24, 2.45) is 5.92 Å². The second kappa shape index (κ2) is 7.45. The van der Waals surface area contributed by atoms with E-state index >= 15 is 0 Å². The Morgan fingerprint density at radius 1 is 1.42 bits per heavy atom. The van der Waals surface area contributed by atoms with Crippen LogP contribution in [0, 0.1) is 12.8 Å². The number of β-amino-alcohol motifs (C(OH)–C–C–N with tert-alkyl or cyclic N) is 1. The molecule has 3 rings (SSSR count). The molecule has 0 saturated carbocycles. The first-order chi connectivity index (χ1) is 11.6. The number of aliphatic hydroxyl groups is 1. The number of carbonyl (C=O) groups excluding carboxylic acids is 1. The van der Waals surface area contributed by atoms with Crippen LogP contribution in [0.2, 0.25) is 0 Å². The van der Waals surface area contributed by atoms with Crippen LogP contribution in [0.3, 0.4) is 0 Å². The van der Waals surface area contributed by atoms with Crippen LogP contribution in [0.1, 0.15) is 23.2 Å². The Labute approximate surface area is 142 Å². The Morgan fingerprint density at radius 2 is 2.21 bits per heavy atom. The highest BCUT2D eigenvalue weighted by Gasteiger charge is 2.29. The maximum Gasteiger partial charge on any atom is 0.246 e. The third-order valence-electron chi connectivity index (χ3n) is 4.58. The molecule has 0 unspecified atom stereocenters. The number of amides is 1. The molecule has 1 aromatic carbocycles. The zero-order chi connectivity index (χ0) is 16.9. The number of benzene rings is 1. The van der Waals surface area contributed by atoms with Gasteiger partial charge in [-0.25, -0.2) is 4.98 Å². The lowest BCUT2D eigenvalue weighted by Gasteiger charge is -2.35. The van der Waals surface area contributed by atoms with Crippen molar-refractivity contribution >= 4 is 12.0 Å². The first-order valence-corrected chi connectivity index (χ1v) is 8.31. The SMILES string of the molecule is Cc1ccc(C[C@H]2CCN(C(=O)/C=C/c3cnc[nH]3)C[C@H]2O)cc1. The van der Waals surface area contributed by atoms with E-state index in [-0.39, 0.29) is 11.8 Å². The highest BCUT2D eigenvalue weighted by Crippen LogP contribution is 2.23. The first kappa shape index (κ1) is 16.5. The van der Waals surface area contributed by atoms with Crippen molar-refractivity contribution in [1.29, 1.82) is 0 Å². The van der Waals surface area contributed by atoms with Crippen molar-refractivity contribution in [2.45, 2.75) is 25.9 Å². The van der Waals surface area contributed by atoms with E-state index in [0.29, 0.717) is 13.1 Å². The zero-order valence-electron chi connectivity index (χ0n) is 13.9. The summed E-state index contributed by atoms with van der Waals surface area (Å²) in [4.78, 5) is 20.8. The normalized spacial score (nSPS) is 21.3. The third-order valence-corrected chi connectivity index (χ3v) is 4.58. The van der Waals surface area contributed by atoms with Gasteiger partial charge in [0.25, 0.3) is 0 Å². The molecule has 1 aromatic heterocycles. The van der Waals surface area contributed by atoms with Crippen molar-refractivity contribution in [3.63, 3.8) is 0 Å². The number of nitrogens with one attached hydrogen (secondary N) is 1. The van der Waals surface area contributed by atoms with E-state index in [4.69, 9.17) is 0 Å². The number of carbonyl (C=O) groups is 1. The minimum Gasteiger partial charge on any atom is -0.391 e. The smallest absolute Gasteiger partial charge is 0.246 e. The molecule has 2 atom stereocenters. The van der Waals surface area contributed by atoms with E-state index in [9.17, 15) is 9.90 Å². The predicted molar refractivity (Wildman–Crippen MR) is 93.2 cm³/mol. The summed E-state index contributed by atoms with van der Waals surface area (Å²) in [6.45, 7) is 3.14. The maximum atomic E-state index is 12.2. The number of likely N-dealkylation sites (tertiary alicyclic amines) is 1. The number of nitrogens with zero attached hydrogens (tertiary/aromatic N) is 2. The Morgan fingerprint density at radius 3 is 2.88 bits per heavy atom. The van der Waals surface area contributed by atoms with Gasteiger partial charge in [0.2, 0.25) is 5.91 Å². The minimum absolute atomic E-state index is 0.0718. The molecule has 1 fully saturated rings. The van der Waals surface area contributed by atoms with Crippen LogP contribution < -0.4 is 0 Å². The number of hydrogen-bond donors (Lipinski definition) is 2. The van der Waals surface area contributed by atoms with Gasteiger partial charge in [-0.3, -0.25) is 4.79 Å². The summed E-state index contributed by atoms with van der Waals surface area (Å²) in [6.07, 6.45) is 7.66. The lowest BCUT2D eigenvalue weighted by Crippen LogP contribution is -2.46. The molecule has 0 aliphatic carbocycles. The van der Waals surface area contributed by atoms with Crippen molar-refractivity contribution < 1.29 is 9.90 Å². The van der Waals surface area contributed by atoms with E-state index in [0.717, 1.165) is 18.5 Å². The number of hydrogen-bond acceptors (Lipinski definition) is 3. The molecule has 126 valence electrons. The van der Waals surface area contributed by atoms with Crippen molar-refractivity contribution in [1.82, 2.24) is 14.9 Å². The Bertz CT molecular complexity index is 692. The molecule has 2 aromatic rings. The van der Waals surface area contributed by atoms with E-state index in [1.165, 1.54) is 17.2 Å². The number of piperidine rings is 1. The number of aromatic amines is 1. The average molecular weight is 325 g/mol. The summed E-state index contributed by atoms with van der Waals surface area (Å²) in [6, 6.07) is 8.43. The molecule has 1 aliphatic rings. The lowest BCUT2D eigenvalue weighted by atomic mass is 9.87. The molecular weight excluding hydrogens is 302 g/mol. The van der Waals surface area contributed by atoms with Crippen molar-refractivity contribution in [3.8, 4) is 0 Å². The van der Waals surface area contributed by atoms with Gasteiger partial charge in [-0.15, -0.1) is 0 Å². The Hall–Kier alpha value is -2.40. The quantitative estimate of drug-likeness (QED) is 0.847. The molecule has 5 heteroatoms. The summed E-state index contributed by atoms with van der Waals surface area (Å²) in [5.74, 6) is 0.130. The summed E-state index contributed by atoms with van der Waals surface area (Å²) in [7, 11) is 0. The van der Waals surface area contributed by atoms with E-state index < -0.39 is 6.10 Å². The van der Waals surface area contributed by atoms with E-state index in [1.807, 2.05) is 0 Å². The molecular formula is C19H23N3O2. The number of aliphatic hydroxyl groups excluding tert-OH is 1. The van der Waals surface area contributed by atoms with Gasteiger partial charge >= 0.3 is 0 Å². The van der Waals surface area contributed by atoms with E-state index in [2.05, 4.69) is 41.2 Å². The number of rotatable bonds is 4. The van der Waals surface area contributed by atoms with Gasteiger partial charge < -0.3 is 15.0 Å². The minimum atomic E-state index is -0.482. The van der Waals surface area contributed by atoms with Gasteiger partial charge in [-0.1, -0.05) is 29.8 Å². The fourth-order valence-electron chi connectivity index (χ4n) is 3.07. The Balaban J connectivity index is 1.54. The van der Waals surface area contributed by atoms with Gasteiger partial charge in [0.15, 0.2) is 0 Å². The van der Waals surface area contributed by atoms with Gasteiger partial charge in [0, 0.05) is 19.2 Å². The van der Waals surface area contributed by atoms with Gasteiger partial charge in [0.05, 0.1) is 24.3 Å². The topological polar surface area (TPSA) is 69.2 Å². The van der Waals surface area contributed by atoms with Crippen LogP contribution in [-0.2, 0) is 11.2 Å². The molecule has 1 saturated heterocycles. The molecule has 24 heavy (non-hydrogen) atoms. The molecule has 2 heterocycles. The van der Waals surface area contributed by atoms with Crippen molar-refractivity contribution in [2.75, 3.05) is 13.1 Å². The van der Waals surface area contributed by atoms with Crippen LogP contribution in [0.5, 0.6) is 0 Å². The lowest BCUT2D eigenvalue weighted by molar-refractivity contribution is -0.130. The molecule has 0 radical (unpaired) electrons. The molecule has 0 bridgehead atoms. The highest BCUT2D eigenvalue weighted by atomic mass is 16.3. The second-order valence-electron chi connectivity index (χ2n) is 6.43. The van der Waals surface area contributed by atoms with Crippen LogP contribution in [-0.4, -0.2) is 45.1 Å². The summed E-state index contributed by atoms with van der Waals surface area (Å²) >= 11 is 0. The van der Waals surface area contributed by atoms with Gasteiger partial charge in [-0.2, -0.15) is 0 Å². The van der Waals surface area contributed by atoms with Crippen molar-refractivity contribution in [3.05, 3.63) is 59.7 Å². The fourth-order valence-corrected chi connectivity index (χ4v) is 3.07. The highest BCUT2D eigenvalue weighted by molar-refractivity contribution is 5.91. The van der Waals surface area contributed by atoms with E-state index in [1.54, 1.807) is 23.5 Å². The molecule has 1 aliphatic heterocycles. The van der Waals surface area contributed by atoms with Gasteiger partial charge in [0.1, 0.15) is 0 Å². The summed E-state index contributed by atoms with van der Waals surface area (Å²) in [5, 5.41) is 10.4. The molecule has 5 nitrogen and oxygen atoms in total. The Kier molecular flexibility index (Phi) is 5.11. The average Bonchev–Trinajstić information content (AvgIpc) is 3.10. The monoisotopic (exact) mass is 325 g/mol. The third kappa shape index (κ3) is 4.11. The number of aromatic nitrogens is 2. The number of aryl methyl sites for hydroxylation is 1. The predicted octanol–water partition coefficient (Wildman–Crippen LogP) is 2.18. The molecule has 0 spiro atoms. The standard InChI is InChI=1S/C19H23N3O2/c1-14-2-4-15(5-3-14)10-16-8-9-22(12-18(16)23)19(24)7-6-17-11-20-13-21-17/h2-7,11,13,16,18,23H,8-10,12H2,1H3,(H,20,21)/b7-6+/t16-,18-/m1/s1. The maximum absolute atomic E-state index is 12.2. The van der Waals surface area contributed by atoms with Crippen LogP contribution >= 0.6 is 0 Å². The van der Waals surface area contributed by atoms with Crippen LogP contribution in [0.15, 0.2) is 42.9 Å². The molecule has 1 amide bonds. The van der Waals surface area contributed by atoms with Gasteiger partial charge in [-0.05, 0) is 37.3 Å². The number of imidazole rings is 1. The molecule has 2 N–H and O–H groups in total. The second-order valence-corrected chi connectivity index (χ2v) is 6.43. The fraction of sp³-hybridized carbons (Fsp3) is 0.368. The zero-order valence-corrected chi connectivity index (χ0v) is 13.9. The summed E-state index contributed by atoms with van der Waals surface area (Å²) < 4.78 is 0. The van der Waals surface area contributed by atoms with Crippen LogP contribution in [0.4, 0.5) is 0 Å². The first-order valence-electron chi connectivity index (χ1n) is 8.31. The number of H-pyrrole nitrogens is 1. The largest absolute Gasteiger partial charge is 0.391 e. The van der Waals surface area contributed by atoms with Crippen LogP contribution in [0.25, 0.3) is 6.08 Å².